The van der Waals surface area contributed by atoms with Crippen LogP contribution < -0.4 is 0 Å². The van der Waals surface area contributed by atoms with Gasteiger partial charge in [0.15, 0.2) is 0 Å². The third kappa shape index (κ3) is 384. The Kier molecular flexibility index (Phi) is 12.7. The van der Waals surface area contributed by atoms with E-state index in [0.29, 0.717) is 0 Å². The number of rotatable bonds is 0. The fourth-order valence-electron chi connectivity index (χ4n) is 0. The molecule has 0 radical (unpaired) electrons. The first-order valence-corrected chi connectivity index (χ1v) is 2.14. The van der Waals surface area contributed by atoms with E-state index < -0.39 is 0 Å². The van der Waals surface area contributed by atoms with E-state index in [9.17, 15) is 0 Å². The molecular weight excluding hydrogens is 112 g/mol. The Balaban J connectivity index is 0. The van der Waals surface area contributed by atoms with Gasteiger partial charge in [-0.1, -0.05) is 24.8 Å². The van der Waals surface area contributed by atoms with Crippen LogP contribution in [0.2, 0.25) is 0 Å². The number of allylic oxidation sites excluding steroid dienone is 1. The summed E-state index contributed by atoms with van der Waals surface area (Å²) in [4.78, 5) is 0. The Labute approximate surface area is 48.9 Å². The second-order valence-electron chi connectivity index (χ2n) is 0.890. The smallest absolute Gasteiger partial charge is 0.0820 e. The second-order valence-corrected chi connectivity index (χ2v) is 1.20. The molecule has 0 aliphatic rings. The zero-order valence-corrected chi connectivity index (χ0v) is 5.07. The molecule has 7 heavy (non-hydrogen) atoms. The second kappa shape index (κ2) is 9.13. The van der Waals surface area contributed by atoms with Crippen molar-refractivity contribution in [2.24, 2.45) is 0 Å². The fourth-order valence-corrected chi connectivity index (χ4v) is 0. The highest BCUT2D eigenvalue weighted by molar-refractivity contribution is 6.25. The molecule has 0 aromatic carbocycles. The highest BCUT2D eigenvalue weighted by atomic mass is 35.5. The molecule has 1 nitrogen and oxygen atoms in total. The number of aliphatic hydroxyl groups is 1. The zero-order valence-electron chi connectivity index (χ0n) is 4.32. The van der Waals surface area contributed by atoms with Gasteiger partial charge < -0.3 is 5.11 Å². The average molecular weight is 121 g/mol. The fraction of sp³-hybridized carbons (Fsp3) is 0.200. The molecule has 1 N–H and O–H groups in total. The lowest BCUT2D eigenvalue weighted by atomic mass is 10.7. The predicted molar refractivity (Wildman–Crippen MR) is 33.5 cm³/mol. The van der Waals surface area contributed by atoms with E-state index in [0.717, 1.165) is 0 Å². The summed E-state index contributed by atoms with van der Waals surface area (Å²) in [6.07, 6.45) is 0. The molecule has 0 aromatic rings. The van der Waals surface area contributed by atoms with Crippen molar-refractivity contribution in [1.29, 1.82) is 0 Å². The molecule has 0 rings (SSSR count). The lowest BCUT2D eigenvalue weighted by Crippen LogP contribution is -1.54. The van der Waals surface area contributed by atoms with Crippen LogP contribution in [0.1, 0.15) is 6.92 Å². The van der Waals surface area contributed by atoms with Crippen molar-refractivity contribution in [2.75, 3.05) is 0 Å². The van der Waals surface area contributed by atoms with Crippen molar-refractivity contribution in [3.8, 4) is 0 Å². The number of aliphatic hydroxyl groups excluding tert-OH is 1. The van der Waals surface area contributed by atoms with Crippen LogP contribution >= 0.6 is 11.6 Å². The van der Waals surface area contributed by atoms with Gasteiger partial charge in [0, 0.05) is 0 Å². The average Bonchev–Trinajstić information content (AvgIpc) is 1.33. The molecule has 0 saturated heterocycles. The summed E-state index contributed by atoms with van der Waals surface area (Å²) in [7, 11) is 0. The van der Waals surface area contributed by atoms with Crippen molar-refractivity contribution in [1.82, 2.24) is 0 Å². The normalized spacial score (nSPS) is 5.43. The van der Waals surface area contributed by atoms with E-state index in [1.807, 2.05) is 0 Å². The SMILES string of the molecule is C=C(C)O.C=CCl. The molecule has 0 aromatic heterocycles. The van der Waals surface area contributed by atoms with E-state index in [2.05, 4.69) is 13.2 Å². The van der Waals surface area contributed by atoms with Crippen molar-refractivity contribution >= 4 is 11.6 Å². The molecule has 42 valence electrons. The summed E-state index contributed by atoms with van der Waals surface area (Å²) in [6, 6.07) is 0. The Bertz CT molecular complexity index is 55.1. The van der Waals surface area contributed by atoms with Crippen molar-refractivity contribution < 1.29 is 5.11 Å². The predicted octanol–water partition coefficient (Wildman–Crippen LogP) is 2.45. The lowest BCUT2D eigenvalue weighted by Gasteiger charge is -1.68. The molecule has 0 fully saturated rings. The molecule has 0 saturated carbocycles. The molecule has 0 bridgehead atoms. The van der Waals surface area contributed by atoms with E-state index in [1.54, 1.807) is 0 Å². The third-order valence-corrected chi connectivity index (χ3v) is 0. The lowest BCUT2D eigenvalue weighted by molar-refractivity contribution is 0.417. The van der Waals surface area contributed by atoms with Crippen LogP contribution in [0, 0.1) is 0 Å². The van der Waals surface area contributed by atoms with Gasteiger partial charge >= 0.3 is 0 Å². The molecule has 0 heterocycles. The first-order chi connectivity index (χ1) is 3.15. The van der Waals surface area contributed by atoms with E-state index in [-0.39, 0.29) is 5.76 Å². The summed E-state index contributed by atoms with van der Waals surface area (Å²) in [6.45, 7) is 7.77. The van der Waals surface area contributed by atoms with Crippen LogP contribution in [0.3, 0.4) is 0 Å². The summed E-state index contributed by atoms with van der Waals surface area (Å²) in [5.74, 6) is 0.167. The quantitative estimate of drug-likeness (QED) is 0.487. The third-order valence-electron chi connectivity index (χ3n) is 0. The van der Waals surface area contributed by atoms with Gasteiger partial charge in [0.2, 0.25) is 0 Å². The zero-order chi connectivity index (χ0) is 6.28. The highest BCUT2D eigenvalue weighted by Gasteiger charge is 1.53. The molecule has 2 heteroatoms. The van der Waals surface area contributed by atoms with Gasteiger partial charge in [0.05, 0.1) is 5.76 Å². The maximum atomic E-state index is 7.86. The van der Waals surface area contributed by atoms with Crippen LogP contribution in [-0.4, -0.2) is 5.11 Å². The van der Waals surface area contributed by atoms with Gasteiger partial charge in [-0.3, -0.25) is 0 Å². The first kappa shape index (κ1) is 9.76. The van der Waals surface area contributed by atoms with Crippen LogP contribution in [0.5, 0.6) is 0 Å². The van der Waals surface area contributed by atoms with Crippen LogP contribution in [-0.2, 0) is 0 Å². The molecule has 0 aliphatic heterocycles. The van der Waals surface area contributed by atoms with Crippen molar-refractivity contribution in [3.05, 3.63) is 24.5 Å². The van der Waals surface area contributed by atoms with Gasteiger partial charge in [0.1, 0.15) is 0 Å². The summed E-state index contributed by atoms with van der Waals surface area (Å²) in [5, 5.41) is 7.86. The van der Waals surface area contributed by atoms with E-state index in [1.165, 1.54) is 12.5 Å². The van der Waals surface area contributed by atoms with E-state index in [4.69, 9.17) is 16.7 Å². The molecule has 0 spiro atoms. The Morgan fingerprint density at radius 2 is 1.86 bits per heavy atom. The van der Waals surface area contributed by atoms with Crippen LogP contribution in [0.4, 0.5) is 0 Å². The summed E-state index contributed by atoms with van der Waals surface area (Å²) < 4.78 is 0. The van der Waals surface area contributed by atoms with E-state index >= 15 is 0 Å². The Hall–Kier alpha value is -0.430. The van der Waals surface area contributed by atoms with Gasteiger partial charge in [-0.05, 0) is 12.5 Å². The molecule has 0 unspecified atom stereocenters. The monoisotopic (exact) mass is 120 g/mol. The summed E-state index contributed by atoms with van der Waals surface area (Å²) in [5.41, 5.74) is 1.22. The number of hydrogen-bond donors (Lipinski definition) is 1. The van der Waals surface area contributed by atoms with Gasteiger partial charge in [0.25, 0.3) is 0 Å². The minimum atomic E-state index is 0.167. The minimum absolute atomic E-state index is 0.167. The standard InChI is InChI=1S/C3H6O.C2H3Cl/c1-3(2)4;1-2-3/h4H,1H2,2H3;2H,1H2. The topological polar surface area (TPSA) is 20.2 Å². The van der Waals surface area contributed by atoms with Crippen molar-refractivity contribution in [2.45, 2.75) is 6.92 Å². The van der Waals surface area contributed by atoms with Gasteiger partial charge in [-0.25, -0.2) is 0 Å². The largest absolute Gasteiger partial charge is 0.513 e. The molecule has 0 amide bonds. The Morgan fingerprint density at radius 1 is 1.86 bits per heavy atom. The minimum Gasteiger partial charge on any atom is -0.513 e. The number of halogens is 1. The van der Waals surface area contributed by atoms with Crippen LogP contribution in [0.15, 0.2) is 24.5 Å². The van der Waals surface area contributed by atoms with Gasteiger partial charge in [-0.15, -0.1) is 0 Å². The first-order valence-electron chi connectivity index (χ1n) is 1.70. The van der Waals surface area contributed by atoms with Gasteiger partial charge in [-0.2, -0.15) is 0 Å². The Morgan fingerprint density at radius 3 is 1.86 bits per heavy atom. The van der Waals surface area contributed by atoms with Crippen LogP contribution in [0.25, 0.3) is 0 Å². The molecule has 0 aliphatic carbocycles. The highest BCUT2D eigenvalue weighted by Crippen LogP contribution is 1.66. The molecule has 0 atom stereocenters. The summed E-state index contributed by atoms with van der Waals surface area (Å²) >= 11 is 4.76. The number of hydrogen-bond acceptors (Lipinski definition) is 1. The maximum absolute atomic E-state index is 7.86. The van der Waals surface area contributed by atoms with Crippen molar-refractivity contribution in [3.63, 3.8) is 0 Å². The maximum Gasteiger partial charge on any atom is 0.0820 e. The molecular formula is C5H9ClO.